The van der Waals surface area contributed by atoms with Crippen LogP contribution < -0.4 is 4.90 Å². The lowest BCUT2D eigenvalue weighted by atomic mass is 9.96. The van der Waals surface area contributed by atoms with Gasteiger partial charge >= 0.3 is 0 Å². The Kier molecular flexibility index (Phi) is 5.60. The van der Waals surface area contributed by atoms with Crippen LogP contribution in [0.3, 0.4) is 0 Å². The molecule has 4 rings (SSSR count). The first kappa shape index (κ1) is 19.2. The van der Waals surface area contributed by atoms with Crippen molar-refractivity contribution in [1.29, 1.82) is 0 Å². The average molecular weight is 390 g/mol. The Morgan fingerprint density at radius 3 is 2.55 bits per heavy atom. The molecule has 0 spiro atoms. The van der Waals surface area contributed by atoms with Crippen LogP contribution in [0.2, 0.25) is 0 Å². The van der Waals surface area contributed by atoms with Crippen molar-refractivity contribution >= 4 is 11.6 Å². The molecule has 0 N–H and O–H groups in total. The summed E-state index contributed by atoms with van der Waals surface area (Å²) in [5.74, 6) is 1.61. The largest absolute Gasteiger partial charge is 0.425 e. The summed E-state index contributed by atoms with van der Waals surface area (Å²) in [5.41, 5.74) is 3.01. The molecule has 1 aromatic heterocycles. The summed E-state index contributed by atoms with van der Waals surface area (Å²) in [4.78, 5) is 17.1. The lowest BCUT2D eigenvalue weighted by Crippen LogP contribution is -2.38. The average Bonchev–Trinajstić information content (AvgIpc) is 3.20. The molecule has 0 unspecified atom stereocenters. The summed E-state index contributed by atoms with van der Waals surface area (Å²) in [6.07, 6.45) is 1.70. The van der Waals surface area contributed by atoms with E-state index < -0.39 is 0 Å². The molecule has 1 amide bonds. The van der Waals surface area contributed by atoms with Gasteiger partial charge in [0.2, 0.25) is 11.8 Å². The van der Waals surface area contributed by atoms with E-state index in [1.54, 1.807) is 6.92 Å². The van der Waals surface area contributed by atoms with Gasteiger partial charge in [0, 0.05) is 50.8 Å². The number of carbonyl (C=O) groups excluding carboxylic acids is 1. The maximum atomic E-state index is 13.0. The van der Waals surface area contributed by atoms with Crippen molar-refractivity contribution in [2.45, 2.75) is 32.2 Å². The number of likely N-dealkylation sites (tertiary alicyclic amines) is 1. The molecule has 6 nitrogen and oxygen atoms in total. The van der Waals surface area contributed by atoms with Crippen molar-refractivity contribution in [3.63, 3.8) is 0 Å². The zero-order valence-corrected chi connectivity index (χ0v) is 16.9. The molecular formula is C23H26N4O2. The van der Waals surface area contributed by atoms with Gasteiger partial charge in [0.05, 0.1) is 0 Å². The van der Waals surface area contributed by atoms with Gasteiger partial charge < -0.3 is 14.2 Å². The van der Waals surface area contributed by atoms with Crippen molar-refractivity contribution in [3.05, 3.63) is 77.5 Å². The minimum absolute atomic E-state index is 0.0834. The summed E-state index contributed by atoms with van der Waals surface area (Å²) in [6, 6.07) is 18.2. The van der Waals surface area contributed by atoms with E-state index in [-0.39, 0.29) is 11.8 Å². The smallest absolute Gasteiger partial charge is 0.253 e. The lowest BCUT2D eigenvalue weighted by Gasteiger charge is -2.30. The maximum Gasteiger partial charge on any atom is 0.253 e. The summed E-state index contributed by atoms with van der Waals surface area (Å²) in [7, 11) is 2.05. The number of rotatable bonds is 5. The molecule has 1 aliphatic rings. The first-order chi connectivity index (χ1) is 14.1. The van der Waals surface area contributed by atoms with E-state index in [2.05, 4.69) is 34.3 Å². The second kappa shape index (κ2) is 8.47. The van der Waals surface area contributed by atoms with Crippen molar-refractivity contribution < 1.29 is 9.21 Å². The molecule has 29 heavy (non-hydrogen) atoms. The van der Waals surface area contributed by atoms with E-state index in [0.717, 1.165) is 30.6 Å². The predicted octanol–water partition coefficient (Wildman–Crippen LogP) is 4.03. The Bertz CT molecular complexity index is 962. The number of carbonyl (C=O) groups is 1. The molecular weight excluding hydrogens is 364 g/mol. The fourth-order valence-corrected chi connectivity index (χ4v) is 3.81. The molecule has 0 saturated carbocycles. The maximum absolute atomic E-state index is 13.0. The van der Waals surface area contributed by atoms with Gasteiger partial charge in [-0.05, 0) is 36.6 Å². The molecule has 1 saturated heterocycles. The van der Waals surface area contributed by atoms with Crippen molar-refractivity contribution in [3.8, 4) is 0 Å². The van der Waals surface area contributed by atoms with Gasteiger partial charge in [0.25, 0.3) is 5.91 Å². The number of nitrogens with zero attached hydrogens (tertiary/aromatic N) is 4. The van der Waals surface area contributed by atoms with Crippen LogP contribution in [0, 0.1) is 6.92 Å². The topological polar surface area (TPSA) is 62.5 Å². The van der Waals surface area contributed by atoms with E-state index >= 15 is 0 Å². The molecule has 150 valence electrons. The zero-order chi connectivity index (χ0) is 20.2. The lowest BCUT2D eigenvalue weighted by molar-refractivity contribution is 0.0706. The SMILES string of the molecule is Cc1nnc(C2CCN(C(=O)c3cccc(N(C)Cc4ccccc4)c3)CC2)o1. The number of hydrogen-bond acceptors (Lipinski definition) is 5. The first-order valence-corrected chi connectivity index (χ1v) is 10.0. The molecule has 0 atom stereocenters. The summed E-state index contributed by atoms with van der Waals surface area (Å²) in [6.45, 7) is 4.01. The number of benzene rings is 2. The number of amides is 1. The molecule has 0 bridgehead atoms. The molecule has 1 aliphatic heterocycles. The quantitative estimate of drug-likeness (QED) is 0.658. The van der Waals surface area contributed by atoms with Crippen LogP contribution in [-0.2, 0) is 6.54 Å². The van der Waals surface area contributed by atoms with Crippen LogP contribution in [0.15, 0.2) is 59.0 Å². The second-order valence-electron chi connectivity index (χ2n) is 7.62. The Balaban J connectivity index is 1.40. The summed E-state index contributed by atoms with van der Waals surface area (Å²) in [5, 5.41) is 8.06. The van der Waals surface area contributed by atoms with E-state index in [9.17, 15) is 4.79 Å². The summed E-state index contributed by atoms with van der Waals surface area (Å²) < 4.78 is 5.56. The number of hydrogen-bond donors (Lipinski definition) is 0. The Labute approximate surface area is 171 Å². The normalized spacial score (nSPS) is 14.8. The first-order valence-electron chi connectivity index (χ1n) is 10.0. The highest BCUT2D eigenvalue weighted by atomic mass is 16.4. The van der Waals surface area contributed by atoms with Crippen LogP contribution >= 0.6 is 0 Å². The highest BCUT2D eigenvalue weighted by Crippen LogP contribution is 2.28. The number of aromatic nitrogens is 2. The predicted molar refractivity (Wildman–Crippen MR) is 112 cm³/mol. The van der Waals surface area contributed by atoms with Gasteiger partial charge in [-0.1, -0.05) is 36.4 Å². The van der Waals surface area contributed by atoms with E-state index in [0.29, 0.717) is 24.9 Å². The molecule has 1 fully saturated rings. The minimum atomic E-state index is 0.0834. The molecule has 0 radical (unpaired) electrons. The highest BCUT2D eigenvalue weighted by molar-refractivity contribution is 5.95. The number of anilines is 1. The second-order valence-corrected chi connectivity index (χ2v) is 7.62. The van der Waals surface area contributed by atoms with Crippen LogP contribution in [-0.4, -0.2) is 41.1 Å². The third-order valence-corrected chi connectivity index (χ3v) is 5.47. The third kappa shape index (κ3) is 4.47. The molecule has 6 heteroatoms. The van der Waals surface area contributed by atoms with Crippen LogP contribution in [0.1, 0.15) is 46.5 Å². The summed E-state index contributed by atoms with van der Waals surface area (Å²) >= 11 is 0. The van der Waals surface area contributed by atoms with Crippen molar-refractivity contribution in [2.75, 3.05) is 25.0 Å². The van der Waals surface area contributed by atoms with Gasteiger partial charge in [-0.2, -0.15) is 0 Å². The van der Waals surface area contributed by atoms with Crippen LogP contribution in [0.5, 0.6) is 0 Å². The standard InChI is InChI=1S/C23H26N4O2/c1-17-24-25-22(29-17)19-11-13-27(14-12-19)23(28)20-9-6-10-21(15-20)26(2)16-18-7-4-3-5-8-18/h3-10,15,19H,11-14,16H2,1-2H3. The Hall–Kier alpha value is -3.15. The van der Waals surface area contributed by atoms with Gasteiger partial charge in [0.1, 0.15) is 0 Å². The van der Waals surface area contributed by atoms with Gasteiger partial charge in [0.15, 0.2) is 0 Å². The minimum Gasteiger partial charge on any atom is -0.425 e. The molecule has 0 aliphatic carbocycles. The molecule has 3 aromatic rings. The molecule has 2 heterocycles. The monoisotopic (exact) mass is 390 g/mol. The fourth-order valence-electron chi connectivity index (χ4n) is 3.81. The fraction of sp³-hybridized carbons (Fsp3) is 0.348. The highest BCUT2D eigenvalue weighted by Gasteiger charge is 2.27. The zero-order valence-electron chi connectivity index (χ0n) is 16.9. The molecule has 2 aromatic carbocycles. The third-order valence-electron chi connectivity index (χ3n) is 5.47. The van der Waals surface area contributed by atoms with Crippen molar-refractivity contribution in [1.82, 2.24) is 15.1 Å². The van der Waals surface area contributed by atoms with Gasteiger partial charge in [-0.3, -0.25) is 4.79 Å². The van der Waals surface area contributed by atoms with E-state index in [4.69, 9.17) is 4.42 Å². The Morgan fingerprint density at radius 1 is 1.10 bits per heavy atom. The Morgan fingerprint density at radius 2 is 1.86 bits per heavy atom. The van der Waals surface area contributed by atoms with Crippen molar-refractivity contribution in [2.24, 2.45) is 0 Å². The van der Waals surface area contributed by atoms with Gasteiger partial charge in [-0.15, -0.1) is 10.2 Å². The van der Waals surface area contributed by atoms with E-state index in [1.807, 2.05) is 47.4 Å². The van der Waals surface area contributed by atoms with Crippen LogP contribution in [0.4, 0.5) is 5.69 Å². The van der Waals surface area contributed by atoms with Gasteiger partial charge in [-0.25, -0.2) is 0 Å². The number of piperidine rings is 1. The number of aryl methyl sites for hydroxylation is 1. The van der Waals surface area contributed by atoms with Crippen LogP contribution in [0.25, 0.3) is 0 Å². The van der Waals surface area contributed by atoms with E-state index in [1.165, 1.54) is 5.56 Å².